The summed E-state index contributed by atoms with van der Waals surface area (Å²) in [6, 6.07) is 10.3. The minimum Gasteiger partial charge on any atom is -0.395 e. The first-order valence-corrected chi connectivity index (χ1v) is 9.19. The van der Waals surface area contributed by atoms with Crippen LogP contribution in [-0.4, -0.2) is 37.1 Å². The van der Waals surface area contributed by atoms with Gasteiger partial charge < -0.3 is 25.0 Å². The second-order valence-corrected chi connectivity index (χ2v) is 6.76. The minimum absolute atomic E-state index is 0.0520. The van der Waals surface area contributed by atoms with Crippen molar-refractivity contribution in [3.05, 3.63) is 48.0 Å². The number of anilines is 2. The minimum atomic E-state index is -3.74. The molecule has 1 fully saturated rings. The Morgan fingerprint density at radius 3 is 2.50 bits per heavy atom. The lowest BCUT2D eigenvalue weighted by atomic mass is 10.2. The van der Waals surface area contributed by atoms with E-state index in [1.165, 1.54) is 18.2 Å². The summed E-state index contributed by atoms with van der Waals surface area (Å²) >= 11 is 0. The van der Waals surface area contributed by atoms with Gasteiger partial charge in [-0.05, 0) is 42.8 Å². The number of carbonyl (C=O) groups is 3. The fraction of sp³-hybridized carbons (Fsp3) is 0.250. The van der Waals surface area contributed by atoms with Crippen LogP contribution in [0.2, 0.25) is 0 Å². The molecule has 0 atom stereocenters. The summed E-state index contributed by atoms with van der Waals surface area (Å²) in [6.45, 7) is 0.331. The molecule has 0 unspecified atom stereocenters. The highest BCUT2D eigenvalue weighted by atomic mass is 19.3. The van der Waals surface area contributed by atoms with E-state index in [0.717, 1.165) is 12.1 Å². The van der Waals surface area contributed by atoms with E-state index in [1.54, 1.807) is 29.2 Å². The van der Waals surface area contributed by atoms with Crippen molar-refractivity contribution in [3.8, 4) is 11.5 Å². The zero-order valence-electron chi connectivity index (χ0n) is 15.6. The van der Waals surface area contributed by atoms with Gasteiger partial charge in [0.2, 0.25) is 11.8 Å². The number of carbonyl (C=O) groups excluding carboxylic acids is 3. The molecule has 2 heterocycles. The second kappa shape index (κ2) is 7.62. The highest BCUT2D eigenvalue weighted by molar-refractivity contribution is 6.00. The number of ether oxygens (including phenoxy) is 2. The number of hydrogen-bond donors (Lipinski definition) is 2. The maximum absolute atomic E-state index is 13.0. The molecule has 1 saturated heterocycles. The van der Waals surface area contributed by atoms with Crippen LogP contribution >= 0.6 is 0 Å². The van der Waals surface area contributed by atoms with Gasteiger partial charge in [-0.2, -0.15) is 0 Å². The van der Waals surface area contributed by atoms with Crippen molar-refractivity contribution in [3.63, 3.8) is 0 Å². The number of alkyl halides is 2. The summed E-state index contributed by atoms with van der Waals surface area (Å²) in [5.41, 5.74) is 1.28. The highest BCUT2D eigenvalue weighted by Gasteiger charge is 2.43. The number of nitrogens with one attached hydrogen (secondary N) is 2. The molecule has 8 nitrogen and oxygen atoms in total. The van der Waals surface area contributed by atoms with E-state index in [4.69, 9.17) is 0 Å². The Morgan fingerprint density at radius 2 is 1.80 bits per heavy atom. The summed E-state index contributed by atoms with van der Waals surface area (Å²) < 4.78 is 34.7. The monoisotopic (exact) mass is 417 g/mol. The van der Waals surface area contributed by atoms with E-state index in [9.17, 15) is 23.2 Å². The van der Waals surface area contributed by atoms with Gasteiger partial charge in [0, 0.05) is 36.0 Å². The third-order valence-corrected chi connectivity index (χ3v) is 4.61. The van der Waals surface area contributed by atoms with E-state index in [0.29, 0.717) is 18.5 Å². The van der Waals surface area contributed by atoms with E-state index in [1.807, 2.05) is 0 Å². The molecule has 2 aliphatic rings. The van der Waals surface area contributed by atoms with Gasteiger partial charge in [0.05, 0.1) is 6.54 Å². The third-order valence-electron chi connectivity index (χ3n) is 4.61. The zero-order chi connectivity index (χ0) is 21.3. The molecule has 0 spiro atoms. The Labute approximate surface area is 169 Å². The average Bonchev–Trinajstić information content (AvgIpc) is 3.27. The van der Waals surface area contributed by atoms with Crippen molar-refractivity contribution in [1.29, 1.82) is 0 Å². The van der Waals surface area contributed by atoms with E-state index < -0.39 is 18.1 Å². The Balaban J connectivity index is 1.30. The van der Waals surface area contributed by atoms with Crippen molar-refractivity contribution in [2.45, 2.75) is 19.1 Å². The lowest BCUT2D eigenvalue weighted by Gasteiger charge is -2.15. The maximum Gasteiger partial charge on any atom is 0.586 e. The largest absolute Gasteiger partial charge is 0.586 e. The molecule has 2 aromatic rings. The molecule has 0 bridgehead atoms. The first-order valence-electron chi connectivity index (χ1n) is 9.19. The maximum atomic E-state index is 13.0. The Kier molecular flexibility index (Phi) is 4.98. The van der Waals surface area contributed by atoms with Gasteiger partial charge in [-0.25, -0.2) is 0 Å². The second-order valence-electron chi connectivity index (χ2n) is 6.76. The lowest BCUT2D eigenvalue weighted by molar-refractivity contribution is -0.286. The molecule has 0 aromatic heterocycles. The molecule has 0 radical (unpaired) electrons. The molecule has 156 valence electrons. The molecule has 30 heavy (non-hydrogen) atoms. The van der Waals surface area contributed by atoms with Crippen molar-refractivity contribution in [2.24, 2.45) is 0 Å². The van der Waals surface area contributed by atoms with Crippen molar-refractivity contribution in [1.82, 2.24) is 5.32 Å². The number of benzene rings is 2. The summed E-state index contributed by atoms with van der Waals surface area (Å²) in [7, 11) is 0. The van der Waals surface area contributed by atoms with Crippen LogP contribution in [0.25, 0.3) is 0 Å². The first kappa shape index (κ1) is 19.6. The molecule has 3 amide bonds. The zero-order valence-corrected chi connectivity index (χ0v) is 15.6. The van der Waals surface area contributed by atoms with Gasteiger partial charge in [-0.3, -0.25) is 14.4 Å². The molecule has 0 aliphatic carbocycles. The van der Waals surface area contributed by atoms with Crippen LogP contribution in [0.15, 0.2) is 42.5 Å². The van der Waals surface area contributed by atoms with Gasteiger partial charge in [0.25, 0.3) is 5.91 Å². The number of nitrogens with zero attached hydrogens (tertiary/aromatic N) is 1. The van der Waals surface area contributed by atoms with Crippen molar-refractivity contribution < 1.29 is 32.6 Å². The Morgan fingerprint density at radius 1 is 1.07 bits per heavy atom. The van der Waals surface area contributed by atoms with Gasteiger partial charge >= 0.3 is 6.29 Å². The quantitative estimate of drug-likeness (QED) is 0.779. The van der Waals surface area contributed by atoms with E-state index in [-0.39, 0.29) is 29.6 Å². The van der Waals surface area contributed by atoms with Crippen molar-refractivity contribution in [2.75, 3.05) is 23.3 Å². The predicted molar refractivity (Wildman–Crippen MR) is 102 cm³/mol. The summed E-state index contributed by atoms with van der Waals surface area (Å²) in [4.78, 5) is 37.7. The average molecular weight is 417 g/mol. The molecule has 2 N–H and O–H groups in total. The number of hydrogen-bond acceptors (Lipinski definition) is 5. The van der Waals surface area contributed by atoms with Crippen LogP contribution in [0.3, 0.4) is 0 Å². The first-order chi connectivity index (χ1) is 14.3. The SMILES string of the molecule is O=C(CNC(=O)c1ccc(N2CCCC2=O)cc1)Nc1ccc2c(c1)OC(F)(F)O2. The highest BCUT2D eigenvalue weighted by Crippen LogP contribution is 2.42. The van der Waals surface area contributed by atoms with Gasteiger partial charge in [-0.1, -0.05) is 0 Å². The number of halogens is 2. The molecule has 0 saturated carbocycles. The fourth-order valence-electron chi connectivity index (χ4n) is 3.21. The smallest absolute Gasteiger partial charge is 0.395 e. The third kappa shape index (κ3) is 4.17. The Bertz CT molecular complexity index is 1010. The van der Waals surface area contributed by atoms with Gasteiger partial charge in [0.1, 0.15) is 0 Å². The van der Waals surface area contributed by atoms with Crippen molar-refractivity contribution >= 4 is 29.1 Å². The molecule has 4 rings (SSSR count). The predicted octanol–water partition coefficient (Wildman–Crippen LogP) is 2.50. The van der Waals surface area contributed by atoms with Gasteiger partial charge in [0.15, 0.2) is 11.5 Å². The standard InChI is InChI=1S/C20H17F2N3O5/c21-20(22)29-15-8-5-13(10-16(15)30-20)24-17(26)11-23-19(28)12-3-6-14(7-4-12)25-9-1-2-18(25)27/h3-8,10H,1-2,9,11H2,(H,23,28)(H,24,26). The van der Waals surface area contributed by atoms with E-state index >= 15 is 0 Å². The molecule has 2 aliphatic heterocycles. The Hall–Kier alpha value is -3.69. The number of rotatable bonds is 5. The van der Waals surface area contributed by atoms with Crippen LogP contribution in [0.5, 0.6) is 11.5 Å². The molecule has 2 aromatic carbocycles. The van der Waals surface area contributed by atoms with E-state index in [2.05, 4.69) is 20.1 Å². The van der Waals surface area contributed by atoms with Crippen LogP contribution in [0.1, 0.15) is 23.2 Å². The molecule has 10 heteroatoms. The normalized spacial score (nSPS) is 16.5. The lowest BCUT2D eigenvalue weighted by Crippen LogP contribution is -2.32. The summed E-state index contributed by atoms with van der Waals surface area (Å²) in [5, 5.41) is 4.95. The van der Waals surface area contributed by atoms with Crippen LogP contribution in [0.4, 0.5) is 20.2 Å². The van der Waals surface area contributed by atoms with Crippen LogP contribution in [-0.2, 0) is 9.59 Å². The fourth-order valence-corrected chi connectivity index (χ4v) is 3.21. The topological polar surface area (TPSA) is 97.0 Å². The molecular weight excluding hydrogens is 400 g/mol. The van der Waals surface area contributed by atoms with Gasteiger partial charge in [-0.15, -0.1) is 8.78 Å². The number of amides is 3. The number of fused-ring (bicyclic) bond motifs is 1. The van der Waals surface area contributed by atoms with Crippen LogP contribution in [0, 0.1) is 0 Å². The van der Waals surface area contributed by atoms with Crippen LogP contribution < -0.4 is 25.0 Å². The molecular formula is C20H17F2N3O5. The summed E-state index contributed by atoms with van der Waals surface area (Å²) in [6.07, 6.45) is -2.42. The summed E-state index contributed by atoms with van der Waals surface area (Å²) in [5.74, 6) is -1.29.